The zero-order valence-electron chi connectivity index (χ0n) is 16.9. The Hall–Kier alpha value is -3.53. The van der Waals surface area contributed by atoms with Gasteiger partial charge in [0.2, 0.25) is 5.91 Å². The van der Waals surface area contributed by atoms with Gasteiger partial charge in [0.15, 0.2) is 5.17 Å². The highest BCUT2D eigenvalue weighted by atomic mass is 32.2. The summed E-state index contributed by atoms with van der Waals surface area (Å²) in [5.74, 6) is 0.604. The first-order chi connectivity index (χ1) is 15.0. The number of nitrogens with one attached hydrogen (secondary N) is 1. The SMILES string of the molecule is COc1cccc(OCc2cc(C=NN=C3NC(=O)C(CC(=O)O)S3)ccc2OC)c1. The lowest BCUT2D eigenvalue weighted by molar-refractivity contribution is -0.138. The van der Waals surface area contributed by atoms with Gasteiger partial charge in [-0.25, -0.2) is 0 Å². The summed E-state index contributed by atoms with van der Waals surface area (Å²) in [6.45, 7) is 0.273. The fraction of sp³-hybridized carbons (Fsp3) is 0.238. The van der Waals surface area contributed by atoms with Crippen molar-refractivity contribution in [3.8, 4) is 17.2 Å². The number of methoxy groups -OCH3 is 2. The second-order valence-electron chi connectivity index (χ2n) is 6.38. The van der Waals surface area contributed by atoms with Crippen LogP contribution in [0.4, 0.5) is 0 Å². The first-order valence-electron chi connectivity index (χ1n) is 9.22. The van der Waals surface area contributed by atoms with E-state index in [1.165, 1.54) is 6.21 Å². The van der Waals surface area contributed by atoms with Gasteiger partial charge >= 0.3 is 5.97 Å². The molecule has 162 valence electrons. The van der Waals surface area contributed by atoms with E-state index in [0.29, 0.717) is 17.2 Å². The maximum absolute atomic E-state index is 11.7. The van der Waals surface area contributed by atoms with Gasteiger partial charge in [-0.2, -0.15) is 5.10 Å². The largest absolute Gasteiger partial charge is 0.497 e. The Bertz CT molecular complexity index is 1020. The number of amidine groups is 1. The average Bonchev–Trinajstić information content (AvgIpc) is 3.10. The van der Waals surface area contributed by atoms with Crippen molar-refractivity contribution in [2.45, 2.75) is 18.3 Å². The summed E-state index contributed by atoms with van der Waals surface area (Å²) in [6.07, 6.45) is 1.26. The number of aliphatic carboxylic acids is 1. The highest BCUT2D eigenvalue weighted by Crippen LogP contribution is 2.24. The molecule has 0 saturated carbocycles. The summed E-state index contributed by atoms with van der Waals surface area (Å²) in [7, 11) is 3.17. The smallest absolute Gasteiger partial charge is 0.305 e. The van der Waals surface area contributed by atoms with Crippen LogP contribution in [0.25, 0.3) is 0 Å². The fourth-order valence-corrected chi connectivity index (χ4v) is 3.65. The third kappa shape index (κ3) is 6.22. The van der Waals surface area contributed by atoms with Crippen LogP contribution >= 0.6 is 11.8 Å². The average molecular weight is 443 g/mol. The first kappa shape index (κ1) is 22.2. The second-order valence-corrected chi connectivity index (χ2v) is 7.57. The molecule has 1 fully saturated rings. The van der Waals surface area contributed by atoms with Gasteiger partial charge in [0, 0.05) is 11.6 Å². The molecule has 1 heterocycles. The number of carbonyl (C=O) groups excluding carboxylic acids is 1. The van der Waals surface area contributed by atoms with Crippen molar-refractivity contribution < 1.29 is 28.9 Å². The van der Waals surface area contributed by atoms with Crippen LogP contribution in [-0.4, -0.2) is 47.8 Å². The third-order valence-corrected chi connectivity index (χ3v) is 5.30. The molecule has 0 spiro atoms. The minimum Gasteiger partial charge on any atom is -0.497 e. The van der Waals surface area contributed by atoms with Gasteiger partial charge in [0.1, 0.15) is 29.1 Å². The molecule has 1 atom stereocenters. The summed E-state index contributed by atoms with van der Waals surface area (Å²) < 4.78 is 16.4. The Kier molecular flexibility index (Phi) is 7.50. The van der Waals surface area contributed by atoms with Crippen molar-refractivity contribution >= 4 is 35.0 Å². The molecule has 3 rings (SSSR count). The number of carboxylic acid groups (broad SMARTS) is 1. The minimum absolute atomic E-state index is 0.266. The summed E-state index contributed by atoms with van der Waals surface area (Å²) in [5.41, 5.74) is 1.57. The van der Waals surface area contributed by atoms with Crippen molar-refractivity contribution in [2.24, 2.45) is 10.2 Å². The molecule has 9 nitrogen and oxygen atoms in total. The van der Waals surface area contributed by atoms with E-state index in [4.69, 9.17) is 19.3 Å². The van der Waals surface area contributed by atoms with Gasteiger partial charge < -0.3 is 24.6 Å². The molecule has 10 heteroatoms. The molecule has 1 unspecified atom stereocenters. The van der Waals surface area contributed by atoms with Gasteiger partial charge in [-0.05, 0) is 35.9 Å². The van der Waals surface area contributed by atoms with E-state index in [0.717, 1.165) is 22.9 Å². The highest BCUT2D eigenvalue weighted by molar-refractivity contribution is 8.15. The number of hydrogen-bond donors (Lipinski definition) is 2. The molecule has 2 aromatic carbocycles. The van der Waals surface area contributed by atoms with Crippen LogP contribution in [0.15, 0.2) is 52.7 Å². The van der Waals surface area contributed by atoms with Crippen LogP contribution in [-0.2, 0) is 16.2 Å². The summed E-state index contributed by atoms with van der Waals surface area (Å²) >= 11 is 1.04. The first-order valence-corrected chi connectivity index (χ1v) is 10.1. The molecule has 31 heavy (non-hydrogen) atoms. The third-order valence-electron chi connectivity index (χ3n) is 4.23. The fourth-order valence-electron chi connectivity index (χ4n) is 2.74. The molecular formula is C21H21N3O6S. The van der Waals surface area contributed by atoms with E-state index < -0.39 is 11.2 Å². The molecule has 0 aliphatic carbocycles. The van der Waals surface area contributed by atoms with Crippen LogP contribution in [0.1, 0.15) is 17.5 Å². The van der Waals surface area contributed by atoms with E-state index in [-0.39, 0.29) is 24.1 Å². The number of amides is 1. The molecular weight excluding hydrogens is 422 g/mol. The molecule has 0 aromatic heterocycles. The number of hydrogen-bond acceptors (Lipinski definition) is 8. The Morgan fingerprint density at radius 3 is 2.74 bits per heavy atom. The number of thioether (sulfide) groups is 1. The van der Waals surface area contributed by atoms with Crippen LogP contribution in [0.2, 0.25) is 0 Å². The van der Waals surface area contributed by atoms with Crippen LogP contribution < -0.4 is 19.5 Å². The maximum Gasteiger partial charge on any atom is 0.305 e. The number of ether oxygens (including phenoxy) is 3. The van der Waals surface area contributed by atoms with Crippen LogP contribution in [0, 0.1) is 0 Å². The lowest BCUT2D eigenvalue weighted by Gasteiger charge is -2.11. The minimum atomic E-state index is -1.04. The van der Waals surface area contributed by atoms with Crippen molar-refractivity contribution in [1.29, 1.82) is 0 Å². The Morgan fingerprint density at radius 2 is 2.00 bits per heavy atom. The van der Waals surface area contributed by atoms with E-state index in [2.05, 4.69) is 15.5 Å². The van der Waals surface area contributed by atoms with Crippen molar-refractivity contribution in [1.82, 2.24) is 5.32 Å². The number of rotatable bonds is 9. The topological polar surface area (TPSA) is 119 Å². The highest BCUT2D eigenvalue weighted by Gasteiger charge is 2.32. The number of carbonyl (C=O) groups is 2. The molecule has 1 aliphatic rings. The van der Waals surface area contributed by atoms with Crippen LogP contribution in [0.5, 0.6) is 17.2 Å². The predicted octanol–water partition coefficient (Wildman–Crippen LogP) is 2.68. The van der Waals surface area contributed by atoms with Gasteiger partial charge in [-0.3, -0.25) is 9.59 Å². The van der Waals surface area contributed by atoms with Crippen molar-refractivity contribution in [3.63, 3.8) is 0 Å². The van der Waals surface area contributed by atoms with E-state index in [9.17, 15) is 9.59 Å². The van der Waals surface area contributed by atoms with Crippen molar-refractivity contribution in [2.75, 3.05) is 14.2 Å². The van der Waals surface area contributed by atoms with Gasteiger partial charge in [0.05, 0.1) is 26.9 Å². The lowest BCUT2D eigenvalue weighted by atomic mass is 10.1. The summed E-state index contributed by atoms with van der Waals surface area (Å²) in [6, 6.07) is 12.8. The normalized spacial score (nSPS) is 17.0. The summed E-state index contributed by atoms with van der Waals surface area (Å²) in [4.78, 5) is 22.5. The Balaban J connectivity index is 1.67. The predicted molar refractivity (Wildman–Crippen MR) is 117 cm³/mol. The van der Waals surface area contributed by atoms with E-state index in [1.807, 2.05) is 30.3 Å². The monoisotopic (exact) mass is 443 g/mol. The quantitative estimate of drug-likeness (QED) is 0.452. The lowest BCUT2D eigenvalue weighted by Crippen LogP contribution is -2.26. The molecule has 2 aromatic rings. The van der Waals surface area contributed by atoms with Gasteiger partial charge in [-0.15, -0.1) is 5.10 Å². The van der Waals surface area contributed by atoms with Crippen molar-refractivity contribution in [3.05, 3.63) is 53.6 Å². The van der Waals surface area contributed by atoms with E-state index >= 15 is 0 Å². The Labute approximate surface area is 183 Å². The van der Waals surface area contributed by atoms with Gasteiger partial charge in [0.25, 0.3) is 0 Å². The van der Waals surface area contributed by atoms with Crippen LogP contribution in [0.3, 0.4) is 0 Å². The number of nitrogens with zero attached hydrogens (tertiary/aromatic N) is 2. The van der Waals surface area contributed by atoms with Gasteiger partial charge in [-0.1, -0.05) is 17.8 Å². The standard InChI is InChI=1S/C21H21N3O6S/c1-28-15-4-3-5-16(9-15)30-12-14-8-13(6-7-17(14)29-2)11-22-24-21-23-20(27)18(31-21)10-19(25)26/h3-9,11,18H,10,12H2,1-2H3,(H,25,26)(H,23,24,27). The summed E-state index contributed by atoms with van der Waals surface area (Å²) in [5, 5.41) is 18.9. The Morgan fingerprint density at radius 1 is 1.19 bits per heavy atom. The molecule has 1 aliphatic heterocycles. The number of benzene rings is 2. The molecule has 0 radical (unpaired) electrons. The molecule has 1 amide bonds. The molecule has 1 saturated heterocycles. The zero-order chi connectivity index (χ0) is 22.2. The second kappa shape index (κ2) is 10.5. The zero-order valence-corrected chi connectivity index (χ0v) is 17.7. The maximum atomic E-state index is 11.7. The molecule has 2 N–H and O–H groups in total. The number of carboxylic acids is 1. The molecule has 0 bridgehead atoms. The van der Waals surface area contributed by atoms with E-state index in [1.54, 1.807) is 26.4 Å².